The van der Waals surface area contributed by atoms with Crippen molar-refractivity contribution in [2.24, 2.45) is 0 Å². The molecule has 4 rings (SSSR count). The number of rotatable bonds is 11. The zero-order valence-corrected chi connectivity index (χ0v) is 20.5. The van der Waals surface area contributed by atoms with Gasteiger partial charge < -0.3 is 20.6 Å². The molecule has 0 radical (unpaired) electrons. The van der Waals surface area contributed by atoms with Crippen molar-refractivity contribution < 1.29 is 5.11 Å². The Labute approximate surface area is 206 Å². The van der Waals surface area contributed by atoms with Crippen LogP contribution < -0.4 is 10.6 Å². The topological polar surface area (TPSA) is 73.3 Å². The van der Waals surface area contributed by atoms with Crippen LogP contribution in [-0.4, -0.2) is 59.3 Å². The van der Waals surface area contributed by atoms with Crippen LogP contribution in [0.25, 0.3) is 21.8 Å². The van der Waals surface area contributed by atoms with Gasteiger partial charge >= 0.3 is 0 Å². The van der Waals surface area contributed by atoms with Crippen LogP contribution in [0.5, 0.6) is 0 Å². The molecule has 0 aliphatic carbocycles. The molecule has 0 saturated carbocycles. The number of aliphatic hydroxyl groups excluding tert-OH is 1. The van der Waals surface area contributed by atoms with Gasteiger partial charge in [0, 0.05) is 58.7 Å². The number of fused-ring (bicyclic) bond motifs is 2. The van der Waals surface area contributed by atoms with Crippen molar-refractivity contribution in [2.45, 2.75) is 25.8 Å². The molecule has 178 valence electrons. The van der Waals surface area contributed by atoms with E-state index < -0.39 is 0 Å². The molecule has 1 atom stereocenters. The Balaban J connectivity index is 1.24. The fraction of sp³-hybridized carbons (Fsp3) is 0.333. The lowest BCUT2D eigenvalue weighted by Crippen LogP contribution is -2.29. The fourth-order valence-corrected chi connectivity index (χ4v) is 4.36. The van der Waals surface area contributed by atoms with Gasteiger partial charge in [-0.1, -0.05) is 23.7 Å². The number of pyridine rings is 2. The third kappa shape index (κ3) is 6.14. The number of likely N-dealkylation sites (N-methyl/N-ethyl adjacent to an activating group) is 1. The minimum Gasteiger partial charge on any atom is -0.394 e. The molecule has 0 bridgehead atoms. The first-order chi connectivity index (χ1) is 16.5. The van der Waals surface area contributed by atoms with Crippen molar-refractivity contribution in [3.05, 3.63) is 71.5 Å². The Bertz CT molecular complexity index is 1250. The van der Waals surface area contributed by atoms with E-state index in [1.807, 2.05) is 36.5 Å². The number of nitrogens with zero attached hydrogens (tertiary/aromatic N) is 3. The first-order valence-corrected chi connectivity index (χ1v) is 12.1. The second kappa shape index (κ2) is 11.5. The SMILES string of the molecule is Cc1ccc2c(NCCN(C)CCC[C@H](CO)Nc3ccnc4cc(Cl)ccc34)ccnc2c1. The van der Waals surface area contributed by atoms with Gasteiger partial charge in [-0.15, -0.1) is 0 Å². The van der Waals surface area contributed by atoms with Gasteiger partial charge in [-0.25, -0.2) is 0 Å². The smallest absolute Gasteiger partial charge is 0.0737 e. The highest BCUT2D eigenvalue weighted by Gasteiger charge is 2.11. The number of nitrogens with one attached hydrogen (secondary N) is 2. The van der Waals surface area contributed by atoms with Crippen LogP contribution in [0.4, 0.5) is 11.4 Å². The molecule has 0 fully saturated rings. The van der Waals surface area contributed by atoms with Crippen LogP contribution in [0.15, 0.2) is 60.9 Å². The van der Waals surface area contributed by atoms with Gasteiger partial charge in [-0.05, 0) is 75.3 Å². The maximum absolute atomic E-state index is 9.91. The molecular formula is C27H32ClN5O. The van der Waals surface area contributed by atoms with E-state index in [2.05, 4.69) is 57.7 Å². The third-order valence-corrected chi connectivity index (χ3v) is 6.32. The summed E-state index contributed by atoms with van der Waals surface area (Å²) in [6.45, 7) is 4.92. The second-order valence-electron chi connectivity index (χ2n) is 8.80. The molecule has 34 heavy (non-hydrogen) atoms. The average Bonchev–Trinajstić information content (AvgIpc) is 2.83. The van der Waals surface area contributed by atoms with E-state index in [0.29, 0.717) is 5.02 Å². The Morgan fingerprint density at radius 2 is 1.65 bits per heavy atom. The first kappa shape index (κ1) is 24.2. The number of aliphatic hydroxyl groups is 1. The summed E-state index contributed by atoms with van der Waals surface area (Å²) in [6, 6.07) is 16.0. The second-order valence-corrected chi connectivity index (χ2v) is 9.23. The first-order valence-electron chi connectivity index (χ1n) is 11.7. The van der Waals surface area contributed by atoms with Crippen LogP contribution in [-0.2, 0) is 0 Å². The normalized spacial score (nSPS) is 12.4. The minimum atomic E-state index is -0.0144. The Kier molecular flexibility index (Phi) is 8.16. The van der Waals surface area contributed by atoms with Gasteiger partial charge in [-0.3, -0.25) is 9.97 Å². The zero-order chi connectivity index (χ0) is 23.9. The molecule has 4 aromatic rings. The van der Waals surface area contributed by atoms with Gasteiger partial charge in [0.05, 0.1) is 17.6 Å². The van der Waals surface area contributed by atoms with E-state index in [-0.39, 0.29) is 12.6 Å². The van der Waals surface area contributed by atoms with E-state index in [0.717, 1.165) is 65.7 Å². The van der Waals surface area contributed by atoms with Crippen LogP contribution in [0.1, 0.15) is 18.4 Å². The summed E-state index contributed by atoms with van der Waals surface area (Å²) >= 11 is 6.09. The molecule has 6 nitrogen and oxygen atoms in total. The average molecular weight is 478 g/mol. The zero-order valence-electron chi connectivity index (χ0n) is 19.8. The quantitative estimate of drug-likeness (QED) is 0.271. The Morgan fingerprint density at radius 1 is 0.941 bits per heavy atom. The van der Waals surface area contributed by atoms with Gasteiger partial charge in [0.1, 0.15) is 0 Å². The number of aryl methyl sites for hydroxylation is 1. The molecule has 0 saturated heterocycles. The number of aromatic nitrogens is 2. The number of benzene rings is 2. The molecule has 0 amide bonds. The van der Waals surface area contributed by atoms with Crippen molar-refractivity contribution in [1.29, 1.82) is 0 Å². The molecular weight excluding hydrogens is 446 g/mol. The lowest BCUT2D eigenvalue weighted by atomic mass is 10.1. The highest BCUT2D eigenvalue weighted by Crippen LogP contribution is 2.25. The standard InChI is InChI=1S/C27H32ClN5O/c1-19-5-7-22-24(9-11-29-26(22)16-19)31-13-15-33(2)14-3-4-21(18-34)32-25-10-12-30-27-17-20(28)6-8-23(25)27/h5-12,16-17,21,34H,3-4,13-15,18H2,1-2H3,(H,29,31)(H,30,32)/t21-/m1/s1. The molecule has 0 aliphatic rings. The number of hydrogen-bond donors (Lipinski definition) is 3. The monoisotopic (exact) mass is 477 g/mol. The summed E-state index contributed by atoms with van der Waals surface area (Å²) in [5.74, 6) is 0. The summed E-state index contributed by atoms with van der Waals surface area (Å²) < 4.78 is 0. The van der Waals surface area contributed by atoms with Crippen LogP contribution in [0.2, 0.25) is 5.02 Å². The van der Waals surface area contributed by atoms with Crippen molar-refractivity contribution in [3.63, 3.8) is 0 Å². The molecule has 2 aromatic heterocycles. The van der Waals surface area contributed by atoms with E-state index >= 15 is 0 Å². The highest BCUT2D eigenvalue weighted by molar-refractivity contribution is 6.31. The van der Waals surface area contributed by atoms with E-state index in [1.54, 1.807) is 6.20 Å². The maximum atomic E-state index is 9.91. The Morgan fingerprint density at radius 3 is 2.44 bits per heavy atom. The van der Waals surface area contributed by atoms with Crippen LogP contribution in [0, 0.1) is 6.92 Å². The highest BCUT2D eigenvalue weighted by atomic mass is 35.5. The predicted molar refractivity (Wildman–Crippen MR) is 143 cm³/mol. The van der Waals surface area contributed by atoms with Crippen LogP contribution >= 0.6 is 11.6 Å². The van der Waals surface area contributed by atoms with Gasteiger partial charge in [0.25, 0.3) is 0 Å². The molecule has 3 N–H and O–H groups in total. The molecule has 2 heterocycles. The molecule has 0 unspecified atom stereocenters. The number of anilines is 2. The molecule has 2 aromatic carbocycles. The van der Waals surface area contributed by atoms with Gasteiger partial charge in [0.15, 0.2) is 0 Å². The summed E-state index contributed by atoms with van der Waals surface area (Å²) in [6.07, 6.45) is 5.49. The van der Waals surface area contributed by atoms with E-state index in [4.69, 9.17) is 11.6 Å². The summed E-state index contributed by atoms with van der Waals surface area (Å²) in [5.41, 5.74) is 5.17. The summed E-state index contributed by atoms with van der Waals surface area (Å²) in [5, 5.41) is 19.8. The third-order valence-electron chi connectivity index (χ3n) is 6.08. The number of hydrogen-bond acceptors (Lipinski definition) is 6. The van der Waals surface area contributed by atoms with Crippen LogP contribution in [0.3, 0.4) is 0 Å². The van der Waals surface area contributed by atoms with Crippen molar-refractivity contribution in [1.82, 2.24) is 14.9 Å². The molecule has 0 aliphatic heterocycles. The summed E-state index contributed by atoms with van der Waals surface area (Å²) in [4.78, 5) is 11.2. The lowest BCUT2D eigenvalue weighted by molar-refractivity contribution is 0.259. The summed E-state index contributed by atoms with van der Waals surface area (Å²) in [7, 11) is 2.14. The van der Waals surface area contributed by atoms with E-state index in [1.165, 1.54) is 5.56 Å². The van der Waals surface area contributed by atoms with Gasteiger partial charge in [-0.2, -0.15) is 0 Å². The lowest BCUT2D eigenvalue weighted by Gasteiger charge is -2.21. The van der Waals surface area contributed by atoms with Crippen molar-refractivity contribution in [3.8, 4) is 0 Å². The number of halogens is 1. The predicted octanol–water partition coefficient (Wildman–Crippen LogP) is 5.34. The van der Waals surface area contributed by atoms with Crippen molar-refractivity contribution >= 4 is 44.8 Å². The largest absolute Gasteiger partial charge is 0.394 e. The van der Waals surface area contributed by atoms with Gasteiger partial charge in [0.2, 0.25) is 0 Å². The van der Waals surface area contributed by atoms with Crippen molar-refractivity contribution in [2.75, 3.05) is 43.9 Å². The van der Waals surface area contributed by atoms with E-state index in [9.17, 15) is 5.11 Å². The molecule has 7 heteroatoms. The maximum Gasteiger partial charge on any atom is 0.0737 e. The molecule has 0 spiro atoms. The minimum absolute atomic E-state index is 0.0144. The fourth-order valence-electron chi connectivity index (χ4n) is 4.19. The Hall–Kier alpha value is -2.93.